The number of benzene rings is 7. The van der Waals surface area contributed by atoms with E-state index in [1.165, 1.54) is 38.4 Å². The predicted molar refractivity (Wildman–Crippen MR) is 196 cm³/mol. The van der Waals surface area contributed by atoms with Crippen LogP contribution in [-0.4, -0.2) is 14.5 Å². The Morgan fingerprint density at radius 2 is 1.00 bits per heavy atom. The Morgan fingerprint density at radius 1 is 0.438 bits per heavy atom. The smallest absolute Gasteiger partial charge is 0.235 e. The number of hydrogen-bond acceptors (Lipinski definition) is 3. The normalized spacial score (nSPS) is 12.2. The van der Waals surface area contributed by atoms with Crippen LogP contribution >= 0.6 is 0 Å². The fourth-order valence-electron chi connectivity index (χ4n) is 7.96. The van der Waals surface area contributed by atoms with E-state index in [2.05, 4.69) is 138 Å². The van der Waals surface area contributed by atoms with E-state index in [0.717, 1.165) is 60.9 Å². The number of hydrogen-bond donors (Lipinski definition) is 0. The fourth-order valence-corrected chi connectivity index (χ4v) is 7.96. The van der Waals surface area contributed by atoms with Gasteiger partial charge in [0.1, 0.15) is 11.2 Å². The van der Waals surface area contributed by atoms with Crippen LogP contribution in [0.5, 0.6) is 0 Å². The summed E-state index contributed by atoms with van der Waals surface area (Å²) in [6.07, 6.45) is 0. The molecule has 0 saturated carbocycles. The van der Waals surface area contributed by atoms with Crippen LogP contribution in [0.3, 0.4) is 0 Å². The molecule has 11 rings (SSSR count). The molecular formula is C44H25N3O. The van der Waals surface area contributed by atoms with Crippen LogP contribution < -0.4 is 0 Å². The second kappa shape index (κ2) is 9.50. The van der Waals surface area contributed by atoms with Gasteiger partial charge in [-0.15, -0.1) is 0 Å². The molecule has 0 amide bonds. The predicted octanol–water partition coefficient (Wildman–Crippen LogP) is 11.6. The first-order valence-electron chi connectivity index (χ1n) is 16.3. The van der Waals surface area contributed by atoms with Crippen LogP contribution in [0.1, 0.15) is 0 Å². The first kappa shape index (κ1) is 25.6. The molecule has 4 nitrogen and oxygen atoms in total. The van der Waals surface area contributed by atoms with E-state index in [-0.39, 0.29) is 0 Å². The molecule has 0 bridgehead atoms. The Bertz CT molecular complexity index is 2880. The summed E-state index contributed by atoms with van der Waals surface area (Å²) in [6, 6.07) is 53.3. The third kappa shape index (κ3) is 3.38. The number of furan rings is 1. The number of fused-ring (bicyclic) bond motifs is 8. The van der Waals surface area contributed by atoms with Crippen LogP contribution in [-0.2, 0) is 0 Å². The van der Waals surface area contributed by atoms with E-state index < -0.39 is 0 Å². The second-order valence-electron chi connectivity index (χ2n) is 12.5. The standard InChI is InChI=1S/C44H25N3O/c1-3-13-26(14-4-1)34-25-35(27-15-5-2-6-16-27)46-44(45-34)47-36-23-12-21-31-29-18-8-7-17-28(29)30-20-11-22-33-38(30)41(39(31)36)42(47)40-32-19-9-10-24-37(32)48-43(33)40/h1-25H. The lowest BCUT2D eigenvalue weighted by Gasteiger charge is -2.15. The second-order valence-corrected chi connectivity index (χ2v) is 12.5. The number of para-hydroxylation sites is 1. The lowest BCUT2D eigenvalue weighted by molar-refractivity contribution is 0.673. The molecule has 1 aliphatic rings. The molecule has 0 fully saturated rings. The maximum absolute atomic E-state index is 6.80. The third-order valence-electron chi connectivity index (χ3n) is 9.95. The molecule has 0 radical (unpaired) electrons. The van der Waals surface area contributed by atoms with Gasteiger partial charge in [0, 0.05) is 38.1 Å². The van der Waals surface area contributed by atoms with Gasteiger partial charge in [0.25, 0.3) is 0 Å². The Labute approximate surface area is 275 Å². The topological polar surface area (TPSA) is 43.9 Å². The SMILES string of the molecule is c1ccc(-c2cc(-c3ccccc3)nc(-n3c4cccc5c4c4c6c(cccc6c6oc7ccccc7c6c43)-c3ccccc3-5)n2)cc1. The summed E-state index contributed by atoms with van der Waals surface area (Å²) in [5, 5.41) is 6.87. The van der Waals surface area contributed by atoms with E-state index in [0.29, 0.717) is 5.95 Å². The Kier molecular flexibility index (Phi) is 5.08. The van der Waals surface area contributed by atoms with Crippen molar-refractivity contribution < 1.29 is 4.42 Å². The summed E-state index contributed by atoms with van der Waals surface area (Å²) < 4.78 is 9.09. The van der Waals surface area contributed by atoms with Gasteiger partial charge in [0.05, 0.1) is 27.8 Å². The monoisotopic (exact) mass is 611 g/mol. The van der Waals surface area contributed by atoms with Crippen molar-refractivity contribution in [1.82, 2.24) is 14.5 Å². The van der Waals surface area contributed by atoms with Gasteiger partial charge in [-0.05, 0) is 40.5 Å². The van der Waals surface area contributed by atoms with Crippen molar-refractivity contribution in [2.45, 2.75) is 0 Å². The van der Waals surface area contributed by atoms with Gasteiger partial charge in [-0.3, -0.25) is 4.57 Å². The maximum Gasteiger partial charge on any atom is 0.235 e. The fraction of sp³-hybridized carbons (Fsp3) is 0. The molecule has 48 heavy (non-hydrogen) atoms. The van der Waals surface area contributed by atoms with Gasteiger partial charge in [0.2, 0.25) is 5.95 Å². The maximum atomic E-state index is 6.80. The Hall–Kier alpha value is -6.52. The molecule has 1 aliphatic carbocycles. The molecule has 0 atom stereocenters. The van der Waals surface area contributed by atoms with Gasteiger partial charge < -0.3 is 4.42 Å². The van der Waals surface area contributed by atoms with Crippen molar-refractivity contribution in [3.05, 3.63) is 152 Å². The largest absolute Gasteiger partial charge is 0.455 e. The molecule has 3 aromatic heterocycles. The summed E-state index contributed by atoms with van der Waals surface area (Å²) in [7, 11) is 0. The van der Waals surface area contributed by atoms with Gasteiger partial charge >= 0.3 is 0 Å². The Morgan fingerprint density at radius 3 is 1.71 bits per heavy atom. The van der Waals surface area contributed by atoms with E-state index in [1.54, 1.807) is 0 Å². The van der Waals surface area contributed by atoms with Crippen LogP contribution in [0.4, 0.5) is 0 Å². The van der Waals surface area contributed by atoms with Crippen LogP contribution in [0, 0.1) is 0 Å². The molecule has 3 heterocycles. The highest BCUT2D eigenvalue weighted by Crippen LogP contribution is 2.53. The lowest BCUT2D eigenvalue weighted by Crippen LogP contribution is -2.04. The minimum atomic E-state index is 0.629. The molecule has 0 spiro atoms. The van der Waals surface area contributed by atoms with Crippen LogP contribution in [0.15, 0.2) is 156 Å². The van der Waals surface area contributed by atoms with E-state index in [9.17, 15) is 0 Å². The molecule has 0 unspecified atom stereocenters. The van der Waals surface area contributed by atoms with E-state index in [4.69, 9.17) is 14.4 Å². The summed E-state index contributed by atoms with van der Waals surface area (Å²) in [4.78, 5) is 10.7. The van der Waals surface area contributed by atoms with E-state index >= 15 is 0 Å². The molecule has 0 N–H and O–H groups in total. The minimum Gasteiger partial charge on any atom is -0.455 e. The first-order chi connectivity index (χ1) is 23.8. The van der Waals surface area contributed by atoms with Crippen molar-refractivity contribution in [3.63, 3.8) is 0 Å². The highest BCUT2D eigenvalue weighted by atomic mass is 16.3. The van der Waals surface area contributed by atoms with Gasteiger partial charge in [-0.1, -0.05) is 133 Å². The summed E-state index contributed by atoms with van der Waals surface area (Å²) in [5.74, 6) is 0.629. The van der Waals surface area contributed by atoms with Crippen molar-refractivity contribution >= 4 is 54.5 Å². The molecule has 0 aliphatic heterocycles. The van der Waals surface area contributed by atoms with Gasteiger partial charge in [-0.25, -0.2) is 9.97 Å². The number of nitrogens with zero attached hydrogens (tertiary/aromatic N) is 3. The molecule has 7 aromatic carbocycles. The molecule has 10 aromatic rings. The molecule has 0 saturated heterocycles. The number of rotatable bonds is 3. The summed E-state index contributed by atoms with van der Waals surface area (Å²) in [5.41, 5.74) is 12.6. The van der Waals surface area contributed by atoms with Crippen molar-refractivity contribution in [2.75, 3.05) is 0 Å². The van der Waals surface area contributed by atoms with Crippen LogP contribution in [0.25, 0.3) is 105 Å². The van der Waals surface area contributed by atoms with Crippen molar-refractivity contribution in [1.29, 1.82) is 0 Å². The average molecular weight is 612 g/mol. The highest BCUT2D eigenvalue weighted by Gasteiger charge is 2.29. The van der Waals surface area contributed by atoms with E-state index in [1.807, 2.05) is 18.2 Å². The van der Waals surface area contributed by atoms with Crippen molar-refractivity contribution in [3.8, 4) is 50.7 Å². The number of aromatic nitrogens is 3. The average Bonchev–Trinajstić information content (AvgIpc) is 3.68. The van der Waals surface area contributed by atoms with Crippen molar-refractivity contribution in [2.24, 2.45) is 0 Å². The first-order valence-corrected chi connectivity index (χ1v) is 16.3. The summed E-state index contributed by atoms with van der Waals surface area (Å²) >= 11 is 0. The van der Waals surface area contributed by atoms with Gasteiger partial charge in [-0.2, -0.15) is 0 Å². The van der Waals surface area contributed by atoms with Gasteiger partial charge in [0.15, 0.2) is 0 Å². The van der Waals surface area contributed by atoms with Crippen LogP contribution in [0.2, 0.25) is 0 Å². The molecule has 222 valence electrons. The zero-order valence-electron chi connectivity index (χ0n) is 25.7. The zero-order valence-corrected chi connectivity index (χ0v) is 25.7. The quantitative estimate of drug-likeness (QED) is 0.200. The third-order valence-corrected chi connectivity index (χ3v) is 9.95. The Balaban J connectivity index is 1.41. The highest BCUT2D eigenvalue weighted by molar-refractivity contribution is 6.39. The minimum absolute atomic E-state index is 0.629. The zero-order chi connectivity index (χ0) is 31.3. The molecule has 4 heteroatoms. The molecular weight excluding hydrogens is 587 g/mol. The lowest BCUT2D eigenvalue weighted by atomic mass is 9.93. The summed E-state index contributed by atoms with van der Waals surface area (Å²) in [6.45, 7) is 0.